The van der Waals surface area contributed by atoms with Crippen LogP contribution in [-0.2, 0) is 17.7 Å². The van der Waals surface area contributed by atoms with Gasteiger partial charge in [0.1, 0.15) is 5.84 Å². The van der Waals surface area contributed by atoms with Gasteiger partial charge >= 0.3 is 5.97 Å². The molecule has 2 aromatic rings. The van der Waals surface area contributed by atoms with E-state index < -0.39 is 0 Å². The van der Waals surface area contributed by atoms with Crippen LogP contribution >= 0.6 is 0 Å². The smallest absolute Gasteiger partial charge is 0.337 e. The van der Waals surface area contributed by atoms with Gasteiger partial charge in [0.25, 0.3) is 0 Å². The van der Waals surface area contributed by atoms with Gasteiger partial charge in [0.05, 0.1) is 19.2 Å². The van der Waals surface area contributed by atoms with E-state index in [1.807, 2.05) is 12.1 Å². The van der Waals surface area contributed by atoms with Crippen LogP contribution in [0.5, 0.6) is 0 Å². The molecule has 27 heavy (non-hydrogen) atoms. The summed E-state index contributed by atoms with van der Waals surface area (Å²) < 4.78 is 4.76. The average Bonchev–Trinajstić information content (AvgIpc) is 2.72. The Labute approximate surface area is 160 Å². The monoisotopic (exact) mass is 362 g/mol. The Kier molecular flexibility index (Phi) is 4.97. The van der Waals surface area contributed by atoms with Crippen LogP contribution in [0, 0.1) is 5.41 Å². The minimum Gasteiger partial charge on any atom is -0.465 e. The number of anilines is 1. The summed E-state index contributed by atoms with van der Waals surface area (Å²) >= 11 is 0. The number of para-hydroxylation sites is 1. The number of benzene rings is 2. The van der Waals surface area contributed by atoms with E-state index in [0.717, 1.165) is 17.8 Å². The normalized spacial score (nSPS) is 19.4. The van der Waals surface area contributed by atoms with Crippen LogP contribution in [0.3, 0.4) is 0 Å². The van der Waals surface area contributed by atoms with Crippen LogP contribution in [0.1, 0.15) is 53.6 Å². The molecular formula is C23H26N2O2. The Morgan fingerprint density at radius 1 is 1.07 bits per heavy atom. The molecule has 0 unspecified atom stereocenters. The lowest BCUT2D eigenvalue weighted by atomic mass is 9.67. The number of carbonyl (C=O) groups is 1. The van der Waals surface area contributed by atoms with E-state index in [-0.39, 0.29) is 11.4 Å². The van der Waals surface area contributed by atoms with Crippen molar-refractivity contribution in [2.45, 2.75) is 45.1 Å². The molecular weight excluding hydrogens is 336 g/mol. The number of methoxy groups -OCH3 is 1. The summed E-state index contributed by atoms with van der Waals surface area (Å²) in [6.07, 6.45) is 7.36. The van der Waals surface area contributed by atoms with E-state index in [1.54, 1.807) is 12.1 Å². The summed E-state index contributed by atoms with van der Waals surface area (Å²) in [5.41, 5.74) is 4.41. The van der Waals surface area contributed by atoms with Crippen molar-refractivity contribution >= 4 is 17.5 Å². The third-order valence-corrected chi connectivity index (χ3v) is 5.91. The van der Waals surface area contributed by atoms with Crippen LogP contribution < -0.4 is 5.32 Å². The van der Waals surface area contributed by atoms with Crippen LogP contribution in [-0.4, -0.2) is 18.9 Å². The maximum absolute atomic E-state index is 11.6. The molecule has 140 valence electrons. The fourth-order valence-corrected chi connectivity index (χ4v) is 4.39. The number of ether oxygens (including phenoxy) is 1. The number of nitrogens with one attached hydrogen (secondary N) is 1. The average molecular weight is 362 g/mol. The van der Waals surface area contributed by atoms with Gasteiger partial charge in [-0.1, -0.05) is 49.6 Å². The number of amidine groups is 1. The standard InChI is InChI=1S/C23H26N2O2/c1-27-21(26)18-11-9-17(10-12-18)16-24-22-23(13-5-2-6-14-23)15-19-7-3-4-8-20(19)25-22/h3-4,7-12H,2,5-6,13-16H2,1H3,(H,24,25). The number of hydrogen-bond donors (Lipinski definition) is 1. The molecule has 0 radical (unpaired) electrons. The Morgan fingerprint density at radius 2 is 1.81 bits per heavy atom. The predicted molar refractivity (Wildman–Crippen MR) is 108 cm³/mol. The first-order valence-electron chi connectivity index (χ1n) is 9.77. The highest BCUT2D eigenvalue weighted by molar-refractivity contribution is 6.02. The van der Waals surface area contributed by atoms with Gasteiger partial charge < -0.3 is 10.1 Å². The predicted octanol–water partition coefficient (Wildman–Crippen LogP) is 4.99. The zero-order chi connectivity index (χ0) is 18.7. The molecule has 1 saturated carbocycles. The van der Waals surface area contributed by atoms with Crippen LogP contribution in [0.2, 0.25) is 0 Å². The molecule has 1 fully saturated rings. The lowest BCUT2D eigenvalue weighted by Crippen LogP contribution is -2.43. The molecule has 2 aliphatic rings. The van der Waals surface area contributed by atoms with Crippen molar-refractivity contribution in [3.8, 4) is 0 Å². The van der Waals surface area contributed by atoms with Crippen molar-refractivity contribution in [2.75, 3.05) is 12.4 Å². The van der Waals surface area contributed by atoms with Crippen LogP contribution in [0.15, 0.2) is 53.5 Å². The largest absolute Gasteiger partial charge is 0.465 e. The zero-order valence-corrected chi connectivity index (χ0v) is 15.8. The van der Waals surface area contributed by atoms with Gasteiger partial charge in [-0.15, -0.1) is 0 Å². The highest BCUT2D eigenvalue weighted by atomic mass is 16.5. The summed E-state index contributed by atoms with van der Waals surface area (Å²) in [5, 5.41) is 3.64. The molecule has 1 aliphatic heterocycles. The number of rotatable bonds is 3. The first kappa shape index (κ1) is 17.8. The molecule has 0 saturated heterocycles. The molecule has 1 spiro atoms. The van der Waals surface area contributed by atoms with Crippen LogP contribution in [0.25, 0.3) is 0 Å². The van der Waals surface area contributed by atoms with E-state index in [9.17, 15) is 4.79 Å². The third kappa shape index (κ3) is 3.61. The molecule has 1 heterocycles. The highest BCUT2D eigenvalue weighted by Crippen LogP contribution is 2.45. The summed E-state index contributed by atoms with van der Waals surface area (Å²) in [7, 11) is 1.40. The highest BCUT2D eigenvalue weighted by Gasteiger charge is 2.40. The summed E-state index contributed by atoms with van der Waals surface area (Å²) in [6.45, 7) is 0.619. The fourth-order valence-electron chi connectivity index (χ4n) is 4.39. The van der Waals surface area contributed by atoms with Crippen molar-refractivity contribution in [1.82, 2.24) is 0 Å². The van der Waals surface area contributed by atoms with Crippen molar-refractivity contribution in [3.05, 3.63) is 65.2 Å². The molecule has 1 aliphatic carbocycles. The van der Waals surface area contributed by atoms with Crippen molar-refractivity contribution in [1.29, 1.82) is 0 Å². The second kappa shape index (κ2) is 7.55. The Hall–Kier alpha value is -2.62. The van der Waals surface area contributed by atoms with Gasteiger partial charge in [0.2, 0.25) is 0 Å². The number of hydrogen-bond acceptors (Lipinski definition) is 3. The van der Waals surface area contributed by atoms with E-state index in [4.69, 9.17) is 9.73 Å². The topological polar surface area (TPSA) is 50.7 Å². The minimum absolute atomic E-state index is 0.151. The van der Waals surface area contributed by atoms with Gasteiger partial charge in [-0.3, -0.25) is 4.99 Å². The van der Waals surface area contributed by atoms with Crippen molar-refractivity contribution < 1.29 is 9.53 Å². The summed E-state index contributed by atoms with van der Waals surface area (Å²) in [5.74, 6) is 0.831. The van der Waals surface area contributed by atoms with Gasteiger partial charge in [0, 0.05) is 11.1 Å². The maximum atomic E-state index is 11.6. The molecule has 4 heteroatoms. The number of aliphatic imine (C=N–C) groups is 1. The third-order valence-electron chi connectivity index (χ3n) is 5.91. The molecule has 0 amide bonds. The summed E-state index contributed by atoms with van der Waals surface area (Å²) in [4.78, 5) is 16.6. The zero-order valence-electron chi connectivity index (χ0n) is 15.8. The van der Waals surface area contributed by atoms with Crippen molar-refractivity contribution in [2.24, 2.45) is 10.4 Å². The van der Waals surface area contributed by atoms with Gasteiger partial charge in [-0.05, 0) is 48.6 Å². The lowest BCUT2D eigenvalue weighted by molar-refractivity contribution is 0.0600. The SMILES string of the molecule is COC(=O)c1ccc(CN=C2Nc3ccccc3CC23CCCCC3)cc1. The number of esters is 1. The number of nitrogens with zero attached hydrogens (tertiary/aromatic N) is 1. The molecule has 0 atom stereocenters. The van der Waals surface area contributed by atoms with Gasteiger partial charge in [-0.2, -0.15) is 0 Å². The molecule has 0 bridgehead atoms. The maximum Gasteiger partial charge on any atom is 0.337 e. The van der Waals surface area contributed by atoms with E-state index in [1.165, 1.54) is 50.5 Å². The Morgan fingerprint density at radius 3 is 2.56 bits per heavy atom. The fraction of sp³-hybridized carbons (Fsp3) is 0.391. The Bertz CT molecular complexity index is 849. The first-order chi connectivity index (χ1) is 13.2. The second-order valence-corrected chi connectivity index (χ2v) is 7.65. The summed E-state index contributed by atoms with van der Waals surface area (Å²) in [6, 6.07) is 16.1. The molecule has 1 N–H and O–H groups in total. The van der Waals surface area contributed by atoms with Gasteiger partial charge in [-0.25, -0.2) is 4.79 Å². The van der Waals surface area contributed by atoms with Crippen molar-refractivity contribution in [3.63, 3.8) is 0 Å². The first-order valence-corrected chi connectivity index (χ1v) is 9.77. The molecule has 0 aromatic heterocycles. The lowest BCUT2D eigenvalue weighted by Gasteiger charge is -2.42. The van der Waals surface area contributed by atoms with Crippen LogP contribution in [0.4, 0.5) is 5.69 Å². The number of fused-ring (bicyclic) bond motifs is 1. The van der Waals surface area contributed by atoms with E-state index in [0.29, 0.717) is 12.1 Å². The van der Waals surface area contributed by atoms with E-state index >= 15 is 0 Å². The van der Waals surface area contributed by atoms with Gasteiger partial charge in [0.15, 0.2) is 0 Å². The minimum atomic E-state index is -0.306. The van der Waals surface area contributed by atoms with E-state index in [2.05, 4.69) is 29.6 Å². The quantitative estimate of drug-likeness (QED) is 0.783. The number of carbonyl (C=O) groups excluding carboxylic acids is 1. The molecule has 4 rings (SSSR count). The second-order valence-electron chi connectivity index (χ2n) is 7.65. The molecule has 2 aromatic carbocycles. The Balaban J connectivity index is 1.59. The molecule has 4 nitrogen and oxygen atoms in total.